The molecule has 126 valence electrons. The van der Waals surface area contributed by atoms with E-state index in [1.807, 2.05) is 12.1 Å². The molecule has 5 heteroatoms. The number of amides is 1. The van der Waals surface area contributed by atoms with E-state index in [0.29, 0.717) is 38.8 Å². The van der Waals surface area contributed by atoms with Crippen LogP contribution in [0.2, 0.25) is 0 Å². The number of rotatable bonds is 5. The van der Waals surface area contributed by atoms with Gasteiger partial charge >= 0.3 is 0 Å². The number of β-amino-alcohol motifs (C(OH)–C–C–N with tert-alkyl or cyclic N) is 1. The summed E-state index contributed by atoms with van der Waals surface area (Å²) < 4.78 is 13.0. The molecule has 4 nitrogen and oxygen atoms in total. The third-order valence-corrected chi connectivity index (χ3v) is 4.51. The van der Waals surface area contributed by atoms with Crippen LogP contribution < -0.4 is 0 Å². The Kier molecular flexibility index (Phi) is 4.90. The second-order valence-corrected chi connectivity index (χ2v) is 6.45. The lowest BCUT2D eigenvalue weighted by Gasteiger charge is -2.23. The number of aryl methyl sites for hydroxylation is 1. The first-order valence-corrected chi connectivity index (χ1v) is 8.18. The van der Waals surface area contributed by atoms with Gasteiger partial charge in [0.15, 0.2) is 0 Å². The van der Waals surface area contributed by atoms with Crippen LogP contribution in [0.3, 0.4) is 0 Å². The molecule has 1 aliphatic rings. The summed E-state index contributed by atoms with van der Waals surface area (Å²) in [5.74, 6) is -0.230. The quantitative estimate of drug-likeness (QED) is 0.917. The lowest BCUT2D eigenvalue weighted by Crippen LogP contribution is -2.37. The average molecular weight is 328 g/mol. The minimum atomic E-state index is -0.926. The van der Waals surface area contributed by atoms with Gasteiger partial charge in [-0.2, -0.15) is 0 Å². The van der Waals surface area contributed by atoms with Crippen molar-refractivity contribution >= 4 is 5.91 Å². The minimum Gasteiger partial charge on any atom is -0.388 e. The fourth-order valence-electron chi connectivity index (χ4n) is 3.15. The number of pyridine rings is 1. The van der Waals surface area contributed by atoms with Gasteiger partial charge in [0.25, 0.3) is 0 Å². The van der Waals surface area contributed by atoms with Crippen molar-refractivity contribution in [3.05, 3.63) is 65.7 Å². The number of aromatic nitrogens is 1. The van der Waals surface area contributed by atoms with Gasteiger partial charge in [-0.05, 0) is 48.2 Å². The van der Waals surface area contributed by atoms with Crippen molar-refractivity contribution in [3.8, 4) is 0 Å². The number of carbonyl (C=O) groups excluding carboxylic acids is 1. The van der Waals surface area contributed by atoms with E-state index in [9.17, 15) is 14.3 Å². The van der Waals surface area contributed by atoms with E-state index in [1.54, 1.807) is 29.4 Å². The van der Waals surface area contributed by atoms with Gasteiger partial charge in [0.05, 0.1) is 5.60 Å². The monoisotopic (exact) mass is 328 g/mol. The molecule has 1 unspecified atom stereocenters. The molecule has 1 amide bonds. The van der Waals surface area contributed by atoms with E-state index in [4.69, 9.17) is 0 Å². The van der Waals surface area contributed by atoms with Crippen molar-refractivity contribution in [3.63, 3.8) is 0 Å². The number of carbonyl (C=O) groups is 1. The maximum absolute atomic E-state index is 13.0. The number of nitrogens with zero attached hydrogens (tertiary/aromatic N) is 2. The molecule has 1 atom stereocenters. The summed E-state index contributed by atoms with van der Waals surface area (Å²) >= 11 is 0. The second kappa shape index (κ2) is 7.09. The molecule has 1 aromatic heterocycles. The summed E-state index contributed by atoms with van der Waals surface area (Å²) in [6.07, 6.45) is 5.52. The molecule has 1 aromatic carbocycles. The van der Waals surface area contributed by atoms with Crippen LogP contribution in [0.1, 0.15) is 24.0 Å². The highest BCUT2D eigenvalue weighted by Crippen LogP contribution is 2.26. The third kappa shape index (κ3) is 4.17. The summed E-state index contributed by atoms with van der Waals surface area (Å²) in [5.41, 5.74) is 1.04. The van der Waals surface area contributed by atoms with Gasteiger partial charge in [0.2, 0.25) is 5.91 Å². The van der Waals surface area contributed by atoms with Gasteiger partial charge < -0.3 is 10.0 Å². The van der Waals surface area contributed by atoms with Crippen molar-refractivity contribution in [2.24, 2.45) is 0 Å². The summed E-state index contributed by atoms with van der Waals surface area (Å²) in [6, 6.07) is 9.96. The first-order chi connectivity index (χ1) is 11.5. The van der Waals surface area contributed by atoms with Gasteiger partial charge in [-0.3, -0.25) is 9.78 Å². The van der Waals surface area contributed by atoms with Crippen LogP contribution >= 0.6 is 0 Å². The van der Waals surface area contributed by atoms with Gasteiger partial charge in [-0.25, -0.2) is 4.39 Å². The van der Waals surface area contributed by atoms with Crippen LogP contribution in [-0.2, 0) is 17.6 Å². The maximum Gasteiger partial charge on any atom is 0.223 e. The zero-order chi connectivity index (χ0) is 17.0. The smallest absolute Gasteiger partial charge is 0.223 e. The minimum absolute atomic E-state index is 0.0573. The maximum atomic E-state index is 13.0. The molecule has 0 bridgehead atoms. The summed E-state index contributed by atoms with van der Waals surface area (Å²) in [6.45, 7) is 0.895. The van der Waals surface area contributed by atoms with Crippen LogP contribution in [0.4, 0.5) is 4.39 Å². The Morgan fingerprint density at radius 2 is 1.88 bits per heavy atom. The van der Waals surface area contributed by atoms with Crippen LogP contribution in [0.5, 0.6) is 0 Å². The van der Waals surface area contributed by atoms with Crippen LogP contribution in [0.25, 0.3) is 0 Å². The fourth-order valence-corrected chi connectivity index (χ4v) is 3.15. The summed E-state index contributed by atoms with van der Waals surface area (Å²) in [4.78, 5) is 18.0. The molecule has 1 aliphatic heterocycles. The Balaban J connectivity index is 1.53. The average Bonchev–Trinajstić information content (AvgIpc) is 2.98. The molecule has 3 rings (SSSR count). The number of hydrogen-bond donors (Lipinski definition) is 1. The van der Waals surface area contributed by atoms with E-state index in [2.05, 4.69) is 4.98 Å². The molecule has 1 N–H and O–H groups in total. The molecule has 2 heterocycles. The molecule has 0 aliphatic carbocycles. The van der Waals surface area contributed by atoms with Crippen LogP contribution in [-0.4, -0.2) is 39.6 Å². The van der Waals surface area contributed by atoms with E-state index in [0.717, 1.165) is 11.1 Å². The second-order valence-electron chi connectivity index (χ2n) is 6.45. The molecule has 2 aromatic rings. The molecule has 0 saturated carbocycles. The zero-order valence-corrected chi connectivity index (χ0v) is 13.5. The Morgan fingerprint density at radius 3 is 2.58 bits per heavy atom. The first kappa shape index (κ1) is 16.6. The van der Waals surface area contributed by atoms with Crippen molar-refractivity contribution in [1.29, 1.82) is 0 Å². The van der Waals surface area contributed by atoms with Crippen LogP contribution in [0.15, 0.2) is 48.8 Å². The molecular weight excluding hydrogens is 307 g/mol. The molecule has 0 spiro atoms. The van der Waals surface area contributed by atoms with E-state index < -0.39 is 5.60 Å². The number of likely N-dealkylation sites (tertiary alicyclic amines) is 1. The third-order valence-electron chi connectivity index (χ3n) is 4.51. The largest absolute Gasteiger partial charge is 0.388 e. The van der Waals surface area contributed by atoms with Gasteiger partial charge in [0, 0.05) is 38.3 Å². The normalized spacial score (nSPS) is 20.3. The molecule has 1 fully saturated rings. The van der Waals surface area contributed by atoms with Gasteiger partial charge in [0.1, 0.15) is 5.82 Å². The molecule has 1 saturated heterocycles. The molecule has 0 radical (unpaired) electrons. The van der Waals surface area contributed by atoms with E-state index in [1.165, 1.54) is 12.1 Å². The topological polar surface area (TPSA) is 53.4 Å². The number of benzene rings is 1. The van der Waals surface area contributed by atoms with Crippen molar-refractivity contribution < 1.29 is 14.3 Å². The van der Waals surface area contributed by atoms with Crippen molar-refractivity contribution in [2.45, 2.75) is 31.3 Å². The van der Waals surface area contributed by atoms with E-state index >= 15 is 0 Å². The summed E-state index contributed by atoms with van der Waals surface area (Å²) in [5, 5.41) is 10.7. The van der Waals surface area contributed by atoms with Crippen molar-refractivity contribution in [1.82, 2.24) is 9.88 Å². The lowest BCUT2D eigenvalue weighted by molar-refractivity contribution is -0.131. The standard InChI is InChI=1S/C19H21FN2O2/c20-17-4-1-16(2-5-17)13-19(24)9-12-22(14-19)18(23)6-3-15-7-10-21-11-8-15/h1-2,4-5,7-8,10-11,24H,3,6,9,12-14H2. The van der Waals surface area contributed by atoms with E-state index in [-0.39, 0.29) is 11.7 Å². The highest BCUT2D eigenvalue weighted by molar-refractivity contribution is 5.77. The predicted octanol–water partition coefficient (Wildman–Crippen LogP) is 2.36. The number of hydrogen-bond acceptors (Lipinski definition) is 3. The first-order valence-electron chi connectivity index (χ1n) is 8.18. The zero-order valence-electron chi connectivity index (χ0n) is 13.5. The van der Waals surface area contributed by atoms with Crippen LogP contribution in [0, 0.1) is 5.82 Å². The van der Waals surface area contributed by atoms with Gasteiger partial charge in [-0.1, -0.05) is 12.1 Å². The lowest BCUT2D eigenvalue weighted by atomic mass is 9.94. The fraction of sp³-hybridized carbons (Fsp3) is 0.368. The predicted molar refractivity (Wildman–Crippen MR) is 88.8 cm³/mol. The Hall–Kier alpha value is -2.27. The Morgan fingerprint density at radius 1 is 1.17 bits per heavy atom. The SMILES string of the molecule is O=C(CCc1ccncc1)N1CCC(O)(Cc2ccc(F)cc2)C1. The highest BCUT2D eigenvalue weighted by Gasteiger charge is 2.37. The Labute approximate surface area is 141 Å². The molecular formula is C19H21FN2O2. The molecule has 24 heavy (non-hydrogen) atoms. The number of halogens is 1. The Bertz CT molecular complexity index is 690. The van der Waals surface area contributed by atoms with Crippen molar-refractivity contribution in [2.75, 3.05) is 13.1 Å². The highest BCUT2D eigenvalue weighted by atomic mass is 19.1. The van der Waals surface area contributed by atoms with Gasteiger partial charge in [-0.15, -0.1) is 0 Å². The number of aliphatic hydroxyl groups is 1. The summed E-state index contributed by atoms with van der Waals surface area (Å²) in [7, 11) is 0.